The molecule has 0 bridgehead atoms. The van der Waals surface area contributed by atoms with Crippen molar-refractivity contribution in [1.82, 2.24) is 10.2 Å². The van der Waals surface area contributed by atoms with Crippen LogP contribution in [0.3, 0.4) is 0 Å². The summed E-state index contributed by atoms with van der Waals surface area (Å²) in [4.78, 5) is 30.5. The van der Waals surface area contributed by atoms with Gasteiger partial charge in [-0.1, -0.05) is 19.1 Å². The normalized spacial score (nSPS) is 21.9. The van der Waals surface area contributed by atoms with Crippen LogP contribution in [0.4, 0.5) is 11.4 Å². The smallest absolute Gasteiger partial charge is 0.246 e. The predicted molar refractivity (Wildman–Crippen MR) is 90.7 cm³/mol. The van der Waals surface area contributed by atoms with Gasteiger partial charge in [-0.2, -0.15) is 0 Å². The van der Waals surface area contributed by atoms with Gasteiger partial charge in [-0.25, -0.2) is 0 Å². The van der Waals surface area contributed by atoms with E-state index in [0.29, 0.717) is 25.6 Å². The minimum Gasteiger partial charge on any atom is -0.373 e. The SMILES string of the molecule is C[C@H]1CN(C)c2ccccc2N(C(=O)CN2CCNCC2=O)C1. The Morgan fingerprint density at radius 2 is 2.00 bits per heavy atom. The van der Waals surface area contributed by atoms with E-state index in [1.807, 2.05) is 29.2 Å². The van der Waals surface area contributed by atoms with E-state index in [1.165, 1.54) is 0 Å². The molecule has 2 amide bonds. The number of hydrogen-bond donors (Lipinski definition) is 1. The largest absolute Gasteiger partial charge is 0.373 e. The van der Waals surface area contributed by atoms with Gasteiger partial charge in [-0.3, -0.25) is 9.59 Å². The van der Waals surface area contributed by atoms with E-state index in [1.54, 1.807) is 4.90 Å². The number of carbonyl (C=O) groups excluding carboxylic acids is 2. The molecule has 1 fully saturated rings. The van der Waals surface area contributed by atoms with Gasteiger partial charge in [0.25, 0.3) is 0 Å². The number of rotatable bonds is 2. The van der Waals surface area contributed by atoms with Crippen LogP contribution in [0, 0.1) is 5.92 Å². The molecule has 2 aliphatic rings. The average Bonchev–Trinajstić information content (AvgIpc) is 2.66. The molecule has 6 nitrogen and oxygen atoms in total. The summed E-state index contributed by atoms with van der Waals surface area (Å²) in [5, 5.41) is 3.03. The van der Waals surface area contributed by atoms with Gasteiger partial charge in [0.1, 0.15) is 6.54 Å². The van der Waals surface area contributed by atoms with E-state index in [2.05, 4.69) is 24.2 Å². The minimum atomic E-state index is -0.00477. The van der Waals surface area contributed by atoms with E-state index in [9.17, 15) is 9.59 Å². The number of para-hydroxylation sites is 2. The second-order valence-corrected chi connectivity index (χ2v) is 6.47. The number of amides is 2. The first-order valence-electron chi connectivity index (χ1n) is 8.15. The van der Waals surface area contributed by atoms with Crippen LogP contribution in [0.2, 0.25) is 0 Å². The van der Waals surface area contributed by atoms with Crippen LogP contribution in [-0.4, -0.2) is 63.0 Å². The molecule has 6 heteroatoms. The van der Waals surface area contributed by atoms with Crippen LogP contribution in [0.1, 0.15) is 6.92 Å². The van der Waals surface area contributed by atoms with Gasteiger partial charge in [-0.15, -0.1) is 0 Å². The molecular weight excluding hydrogens is 292 g/mol. The standard InChI is InChI=1S/C17H24N4O2/c1-13-10-19(2)14-5-3-4-6-15(14)21(11-13)17(23)12-20-8-7-18-9-16(20)22/h3-6,13,18H,7-12H2,1-2H3/t13-/m0/s1. The van der Waals surface area contributed by atoms with Gasteiger partial charge in [-0.05, 0) is 18.1 Å². The van der Waals surface area contributed by atoms with Crippen molar-refractivity contribution in [1.29, 1.82) is 0 Å². The van der Waals surface area contributed by atoms with Crippen molar-refractivity contribution in [2.45, 2.75) is 6.92 Å². The fourth-order valence-electron chi connectivity index (χ4n) is 3.35. The maximum atomic E-state index is 12.9. The molecule has 1 aromatic rings. The maximum Gasteiger partial charge on any atom is 0.246 e. The van der Waals surface area contributed by atoms with Crippen LogP contribution >= 0.6 is 0 Å². The maximum absolute atomic E-state index is 12.9. The third-order valence-electron chi connectivity index (χ3n) is 4.48. The van der Waals surface area contributed by atoms with Crippen LogP contribution < -0.4 is 15.1 Å². The van der Waals surface area contributed by atoms with Gasteiger partial charge >= 0.3 is 0 Å². The van der Waals surface area contributed by atoms with E-state index < -0.39 is 0 Å². The number of hydrogen-bond acceptors (Lipinski definition) is 4. The second kappa shape index (κ2) is 6.58. The molecule has 0 spiro atoms. The highest BCUT2D eigenvalue weighted by Crippen LogP contribution is 2.32. The summed E-state index contributed by atoms with van der Waals surface area (Å²) in [5.41, 5.74) is 2.00. The first-order valence-corrected chi connectivity index (χ1v) is 8.15. The number of piperazine rings is 1. The molecule has 1 aromatic carbocycles. The minimum absolute atomic E-state index is 0.00197. The van der Waals surface area contributed by atoms with Crippen molar-refractivity contribution in [2.75, 3.05) is 56.1 Å². The van der Waals surface area contributed by atoms with Gasteiger partial charge in [0.05, 0.1) is 17.9 Å². The lowest BCUT2D eigenvalue weighted by Gasteiger charge is -2.30. The van der Waals surface area contributed by atoms with E-state index in [4.69, 9.17) is 0 Å². The topological polar surface area (TPSA) is 55.9 Å². The van der Waals surface area contributed by atoms with E-state index in [-0.39, 0.29) is 18.4 Å². The van der Waals surface area contributed by atoms with Gasteiger partial charge in [0, 0.05) is 33.2 Å². The number of benzene rings is 1. The highest BCUT2D eigenvalue weighted by atomic mass is 16.2. The fourth-order valence-corrected chi connectivity index (χ4v) is 3.35. The number of anilines is 2. The number of nitrogens with one attached hydrogen (secondary N) is 1. The van der Waals surface area contributed by atoms with Crippen LogP contribution in [-0.2, 0) is 9.59 Å². The zero-order valence-electron chi connectivity index (χ0n) is 13.8. The summed E-state index contributed by atoms with van der Waals surface area (Å²) in [6, 6.07) is 7.98. The predicted octanol–water partition coefficient (Wildman–Crippen LogP) is 0.537. The van der Waals surface area contributed by atoms with Crippen LogP contribution in [0.5, 0.6) is 0 Å². The molecule has 0 unspecified atom stereocenters. The Bertz CT molecular complexity index is 604. The molecular formula is C17H24N4O2. The molecule has 0 saturated carbocycles. The van der Waals surface area contributed by atoms with Gasteiger partial charge in [0.15, 0.2) is 0 Å². The summed E-state index contributed by atoms with van der Waals surface area (Å²) in [6.07, 6.45) is 0. The Morgan fingerprint density at radius 1 is 1.26 bits per heavy atom. The lowest BCUT2D eigenvalue weighted by Crippen LogP contribution is -2.52. The molecule has 23 heavy (non-hydrogen) atoms. The van der Waals surface area contributed by atoms with Crippen molar-refractivity contribution in [3.8, 4) is 0 Å². The summed E-state index contributed by atoms with van der Waals surface area (Å²) in [6.45, 7) is 5.56. The van der Waals surface area contributed by atoms with Crippen molar-refractivity contribution in [2.24, 2.45) is 5.92 Å². The van der Waals surface area contributed by atoms with Crippen molar-refractivity contribution < 1.29 is 9.59 Å². The van der Waals surface area contributed by atoms with Crippen molar-refractivity contribution in [3.63, 3.8) is 0 Å². The molecule has 0 radical (unpaired) electrons. The lowest BCUT2D eigenvalue weighted by molar-refractivity contribution is -0.136. The summed E-state index contributed by atoms with van der Waals surface area (Å²) in [5.74, 6) is 0.364. The summed E-state index contributed by atoms with van der Waals surface area (Å²) in [7, 11) is 2.06. The highest BCUT2D eigenvalue weighted by molar-refractivity contribution is 6.00. The zero-order chi connectivity index (χ0) is 16.4. The van der Waals surface area contributed by atoms with Crippen molar-refractivity contribution >= 4 is 23.2 Å². The Morgan fingerprint density at radius 3 is 2.74 bits per heavy atom. The number of nitrogens with zero attached hydrogens (tertiary/aromatic N) is 3. The fraction of sp³-hybridized carbons (Fsp3) is 0.529. The lowest BCUT2D eigenvalue weighted by atomic mass is 10.1. The van der Waals surface area contributed by atoms with Gasteiger partial charge in [0.2, 0.25) is 11.8 Å². The Hall–Kier alpha value is -2.08. The van der Waals surface area contributed by atoms with E-state index in [0.717, 1.165) is 24.5 Å². The Kier molecular flexibility index (Phi) is 4.52. The van der Waals surface area contributed by atoms with Crippen molar-refractivity contribution in [3.05, 3.63) is 24.3 Å². The Labute approximate surface area is 137 Å². The molecule has 0 aliphatic carbocycles. The molecule has 1 saturated heterocycles. The molecule has 0 aromatic heterocycles. The Balaban J connectivity index is 1.83. The average molecular weight is 316 g/mol. The zero-order valence-corrected chi connectivity index (χ0v) is 13.8. The molecule has 2 aliphatic heterocycles. The molecule has 2 heterocycles. The number of fused-ring (bicyclic) bond motifs is 1. The highest BCUT2D eigenvalue weighted by Gasteiger charge is 2.29. The third-order valence-corrected chi connectivity index (χ3v) is 4.48. The monoisotopic (exact) mass is 316 g/mol. The first kappa shape index (κ1) is 15.8. The molecule has 1 atom stereocenters. The second-order valence-electron chi connectivity index (χ2n) is 6.47. The molecule has 124 valence electrons. The van der Waals surface area contributed by atoms with Crippen LogP contribution in [0.25, 0.3) is 0 Å². The van der Waals surface area contributed by atoms with E-state index >= 15 is 0 Å². The molecule has 3 rings (SSSR count). The van der Waals surface area contributed by atoms with Crippen LogP contribution in [0.15, 0.2) is 24.3 Å². The van der Waals surface area contributed by atoms with Gasteiger partial charge < -0.3 is 20.0 Å². The first-order chi connectivity index (χ1) is 11.1. The number of carbonyl (C=O) groups is 2. The third kappa shape index (κ3) is 3.32. The summed E-state index contributed by atoms with van der Waals surface area (Å²) < 4.78 is 0. The quantitative estimate of drug-likeness (QED) is 0.865. The summed E-state index contributed by atoms with van der Waals surface area (Å²) >= 11 is 0. The molecule has 1 N–H and O–H groups in total.